The molecule has 2 aromatic heterocycles. The fraction of sp³-hybridized carbons (Fsp3) is 0.250. The topological polar surface area (TPSA) is 51.5 Å². The molecule has 1 aliphatic rings. The van der Waals surface area contributed by atoms with E-state index < -0.39 is 0 Å². The molecule has 29 heavy (non-hydrogen) atoms. The van der Waals surface area contributed by atoms with Gasteiger partial charge in [-0.15, -0.1) is 0 Å². The Morgan fingerprint density at radius 2 is 1.86 bits per heavy atom. The molecule has 1 N–H and O–H groups in total. The van der Waals surface area contributed by atoms with Gasteiger partial charge < -0.3 is 10.1 Å². The Labute approximate surface area is 170 Å². The molecule has 0 spiro atoms. The Morgan fingerprint density at radius 3 is 2.62 bits per heavy atom. The van der Waals surface area contributed by atoms with Gasteiger partial charge in [-0.05, 0) is 68.5 Å². The van der Waals surface area contributed by atoms with Gasteiger partial charge in [-0.2, -0.15) is 9.61 Å². The van der Waals surface area contributed by atoms with E-state index >= 15 is 0 Å². The molecule has 0 bridgehead atoms. The lowest BCUT2D eigenvalue weighted by Crippen LogP contribution is -2.07. The van der Waals surface area contributed by atoms with Gasteiger partial charge in [0.1, 0.15) is 11.6 Å². The predicted octanol–water partition coefficient (Wildman–Crippen LogP) is 5.25. The first-order chi connectivity index (χ1) is 14.2. The van der Waals surface area contributed by atoms with E-state index in [0.717, 1.165) is 64.5 Å². The molecule has 2 aromatic carbocycles. The van der Waals surface area contributed by atoms with Crippen LogP contribution in [0.1, 0.15) is 28.9 Å². The fourth-order valence-electron chi connectivity index (χ4n) is 4.28. The van der Waals surface area contributed by atoms with Crippen molar-refractivity contribution in [1.29, 1.82) is 0 Å². The summed E-state index contributed by atoms with van der Waals surface area (Å²) in [6.45, 7) is 4.17. The van der Waals surface area contributed by atoms with Crippen LogP contribution in [0.25, 0.3) is 16.8 Å². The van der Waals surface area contributed by atoms with Gasteiger partial charge in [-0.25, -0.2) is 4.98 Å². The largest absolute Gasteiger partial charge is 0.497 e. The highest BCUT2D eigenvalue weighted by Gasteiger charge is 2.24. The molecule has 0 unspecified atom stereocenters. The van der Waals surface area contributed by atoms with Crippen molar-refractivity contribution < 1.29 is 4.74 Å². The zero-order chi connectivity index (χ0) is 20.0. The van der Waals surface area contributed by atoms with Gasteiger partial charge in [0.25, 0.3) is 0 Å². The van der Waals surface area contributed by atoms with Gasteiger partial charge in [0.2, 0.25) is 0 Å². The third-order valence-corrected chi connectivity index (χ3v) is 5.70. The number of hydrogen-bond acceptors (Lipinski definition) is 4. The van der Waals surface area contributed by atoms with Crippen molar-refractivity contribution in [3.8, 4) is 16.9 Å². The molecule has 146 valence electrons. The van der Waals surface area contributed by atoms with E-state index in [4.69, 9.17) is 14.8 Å². The highest BCUT2D eigenvalue weighted by molar-refractivity contribution is 5.84. The number of aromatic nitrogens is 3. The molecule has 0 amide bonds. The van der Waals surface area contributed by atoms with Gasteiger partial charge in [-0.1, -0.05) is 24.3 Å². The normalized spacial score (nSPS) is 12.9. The molecule has 4 aromatic rings. The Morgan fingerprint density at radius 1 is 1.03 bits per heavy atom. The number of nitrogens with one attached hydrogen (secondary N) is 1. The number of nitrogens with zero attached hydrogens (tertiary/aromatic N) is 3. The zero-order valence-corrected chi connectivity index (χ0v) is 17.0. The smallest absolute Gasteiger partial charge is 0.165 e. The van der Waals surface area contributed by atoms with E-state index in [1.54, 1.807) is 7.11 Å². The lowest BCUT2D eigenvalue weighted by Gasteiger charge is -2.14. The van der Waals surface area contributed by atoms with Crippen LogP contribution in [0.2, 0.25) is 0 Å². The number of methoxy groups -OCH3 is 1. The van der Waals surface area contributed by atoms with E-state index in [9.17, 15) is 0 Å². The minimum atomic E-state index is 0.862. The number of ether oxygens (including phenoxy) is 1. The predicted molar refractivity (Wildman–Crippen MR) is 116 cm³/mol. The molecule has 0 saturated heterocycles. The second-order valence-corrected chi connectivity index (χ2v) is 7.61. The first-order valence-electron chi connectivity index (χ1n) is 10.0. The van der Waals surface area contributed by atoms with Crippen molar-refractivity contribution in [2.45, 2.75) is 33.1 Å². The molecule has 1 aliphatic carbocycles. The monoisotopic (exact) mass is 384 g/mol. The zero-order valence-electron chi connectivity index (χ0n) is 17.0. The van der Waals surface area contributed by atoms with Crippen molar-refractivity contribution in [2.75, 3.05) is 12.4 Å². The molecule has 0 atom stereocenters. The number of rotatable bonds is 4. The van der Waals surface area contributed by atoms with E-state index in [1.165, 1.54) is 11.3 Å². The van der Waals surface area contributed by atoms with Crippen LogP contribution < -0.4 is 10.1 Å². The third kappa shape index (κ3) is 2.94. The SMILES string of the molecule is COc1ccc(-c2c(C)nn3c(Nc4ccccc4)c4c(nc23)CCC4)c(C)c1. The van der Waals surface area contributed by atoms with Crippen LogP contribution in [-0.2, 0) is 12.8 Å². The number of hydrogen-bond donors (Lipinski definition) is 1. The Balaban J connectivity index is 1.74. The van der Waals surface area contributed by atoms with Gasteiger partial charge >= 0.3 is 0 Å². The molecule has 0 fully saturated rings. The van der Waals surface area contributed by atoms with Crippen molar-refractivity contribution in [2.24, 2.45) is 0 Å². The standard InChI is InChI=1S/C24H24N4O/c1-15-14-18(29-3)12-13-19(15)22-16(2)27-28-23(25-17-8-5-4-6-9-17)20-10-7-11-21(20)26-24(22)28/h4-6,8-9,12-14,25H,7,10-11H2,1-3H3. The van der Waals surface area contributed by atoms with Gasteiger partial charge in [0.15, 0.2) is 5.65 Å². The second-order valence-electron chi connectivity index (χ2n) is 7.61. The molecule has 0 radical (unpaired) electrons. The summed E-state index contributed by atoms with van der Waals surface area (Å²) in [5.41, 5.74) is 8.81. The van der Waals surface area contributed by atoms with E-state index in [0.29, 0.717) is 0 Å². The number of aryl methyl sites for hydroxylation is 3. The summed E-state index contributed by atoms with van der Waals surface area (Å²) in [6.07, 6.45) is 3.18. The number of anilines is 2. The summed E-state index contributed by atoms with van der Waals surface area (Å²) < 4.78 is 7.38. The molecular weight excluding hydrogens is 360 g/mol. The maximum atomic E-state index is 5.38. The molecule has 5 rings (SSSR count). The molecule has 2 heterocycles. The minimum Gasteiger partial charge on any atom is -0.497 e. The summed E-state index contributed by atoms with van der Waals surface area (Å²) >= 11 is 0. The Hall–Kier alpha value is -3.34. The first-order valence-corrected chi connectivity index (χ1v) is 10.0. The van der Waals surface area contributed by atoms with Crippen molar-refractivity contribution in [3.63, 3.8) is 0 Å². The molecular formula is C24H24N4O. The molecule has 0 saturated carbocycles. The summed E-state index contributed by atoms with van der Waals surface area (Å²) in [7, 11) is 1.70. The highest BCUT2D eigenvalue weighted by Crippen LogP contribution is 2.37. The quantitative estimate of drug-likeness (QED) is 0.522. The second kappa shape index (κ2) is 6.92. The number of fused-ring (bicyclic) bond motifs is 2. The first kappa shape index (κ1) is 17.7. The van der Waals surface area contributed by atoms with E-state index in [-0.39, 0.29) is 0 Å². The van der Waals surface area contributed by atoms with Crippen LogP contribution in [-0.4, -0.2) is 21.7 Å². The minimum absolute atomic E-state index is 0.862. The Kier molecular flexibility index (Phi) is 4.23. The third-order valence-electron chi connectivity index (χ3n) is 5.70. The average Bonchev–Trinajstić information content (AvgIpc) is 3.33. The van der Waals surface area contributed by atoms with Crippen molar-refractivity contribution in [3.05, 3.63) is 71.0 Å². The molecule has 5 heteroatoms. The van der Waals surface area contributed by atoms with E-state index in [2.05, 4.69) is 43.4 Å². The number of para-hydroxylation sites is 1. The molecule has 0 aliphatic heterocycles. The Bertz CT molecular complexity index is 1210. The van der Waals surface area contributed by atoms with Crippen LogP contribution in [0.3, 0.4) is 0 Å². The van der Waals surface area contributed by atoms with Crippen molar-refractivity contribution >= 4 is 17.2 Å². The summed E-state index contributed by atoms with van der Waals surface area (Å²) in [5.74, 6) is 1.90. The average molecular weight is 384 g/mol. The van der Waals surface area contributed by atoms with Crippen molar-refractivity contribution in [1.82, 2.24) is 14.6 Å². The van der Waals surface area contributed by atoms with Crippen LogP contribution >= 0.6 is 0 Å². The fourth-order valence-corrected chi connectivity index (χ4v) is 4.28. The van der Waals surface area contributed by atoms with Crippen LogP contribution in [0.15, 0.2) is 48.5 Å². The highest BCUT2D eigenvalue weighted by atomic mass is 16.5. The van der Waals surface area contributed by atoms with Gasteiger partial charge in [0.05, 0.1) is 12.8 Å². The lowest BCUT2D eigenvalue weighted by atomic mass is 10.0. The number of benzene rings is 2. The maximum Gasteiger partial charge on any atom is 0.165 e. The lowest BCUT2D eigenvalue weighted by molar-refractivity contribution is 0.414. The van der Waals surface area contributed by atoms with Crippen LogP contribution in [0.5, 0.6) is 5.75 Å². The van der Waals surface area contributed by atoms with Crippen LogP contribution in [0.4, 0.5) is 11.5 Å². The molecule has 5 nitrogen and oxygen atoms in total. The van der Waals surface area contributed by atoms with Gasteiger partial charge in [0, 0.05) is 22.5 Å². The summed E-state index contributed by atoms with van der Waals surface area (Å²) in [5, 5.41) is 8.52. The summed E-state index contributed by atoms with van der Waals surface area (Å²) in [4.78, 5) is 5.07. The maximum absolute atomic E-state index is 5.38. The van der Waals surface area contributed by atoms with E-state index in [1.807, 2.05) is 28.8 Å². The summed E-state index contributed by atoms with van der Waals surface area (Å²) in [6, 6.07) is 16.5. The van der Waals surface area contributed by atoms with Crippen LogP contribution in [0, 0.1) is 13.8 Å². The van der Waals surface area contributed by atoms with Gasteiger partial charge in [-0.3, -0.25) is 0 Å².